The summed E-state index contributed by atoms with van der Waals surface area (Å²) in [6.07, 6.45) is -1.07. The number of carboxylic acids is 1. The number of esters is 1. The molecule has 0 aliphatic heterocycles. The Morgan fingerprint density at radius 2 is 1.62 bits per heavy atom. The summed E-state index contributed by atoms with van der Waals surface area (Å²) in [5.41, 5.74) is 0.0403. The molecule has 0 bridgehead atoms. The highest BCUT2D eigenvalue weighted by atomic mass is 16.6. The third-order valence-corrected chi connectivity index (χ3v) is 5.21. The molecule has 0 saturated heterocycles. The van der Waals surface area contributed by atoms with Crippen molar-refractivity contribution >= 4 is 35.8 Å². The second-order valence-corrected chi connectivity index (χ2v) is 9.76. The summed E-state index contributed by atoms with van der Waals surface area (Å²) >= 11 is 0. The van der Waals surface area contributed by atoms with E-state index in [4.69, 9.17) is 9.84 Å². The van der Waals surface area contributed by atoms with Gasteiger partial charge in [0.1, 0.15) is 24.2 Å². The maximum Gasteiger partial charge on any atom is 0.408 e. The number of ether oxygens (including phenoxy) is 2. The van der Waals surface area contributed by atoms with Gasteiger partial charge in [-0.1, -0.05) is 30.3 Å². The van der Waals surface area contributed by atoms with Gasteiger partial charge in [0.15, 0.2) is 0 Å². The number of hydrogen-bond acceptors (Lipinski definition) is 8. The lowest BCUT2D eigenvalue weighted by Crippen LogP contribution is -2.50. The van der Waals surface area contributed by atoms with Crippen LogP contribution < -0.4 is 16.0 Å². The lowest BCUT2D eigenvalue weighted by atomic mass is 10.1. The molecule has 0 unspecified atom stereocenters. The Bertz CT molecular complexity index is 1010. The fourth-order valence-electron chi connectivity index (χ4n) is 3.34. The molecule has 0 saturated carbocycles. The minimum absolute atomic E-state index is 0.0971. The molecule has 1 aromatic carbocycles. The van der Waals surface area contributed by atoms with Crippen LogP contribution in [0.5, 0.6) is 0 Å². The van der Waals surface area contributed by atoms with Crippen molar-refractivity contribution < 1.29 is 43.3 Å². The summed E-state index contributed by atoms with van der Waals surface area (Å²) in [6.45, 7) is 4.50. The largest absolute Gasteiger partial charge is 0.480 e. The predicted octanol–water partition coefficient (Wildman–Crippen LogP) is 0.610. The molecule has 0 spiro atoms. The van der Waals surface area contributed by atoms with Crippen molar-refractivity contribution in [3.63, 3.8) is 0 Å². The van der Waals surface area contributed by atoms with Crippen LogP contribution in [-0.2, 0) is 39.9 Å². The number of alkyl carbamates (subject to hydrolysis) is 1. The molecule has 13 heteroatoms. The zero-order valence-electron chi connectivity index (χ0n) is 22.9. The smallest absolute Gasteiger partial charge is 0.408 e. The Kier molecular flexibility index (Phi) is 13.4. The highest BCUT2D eigenvalue weighted by Crippen LogP contribution is 2.09. The number of benzene rings is 1. The van der Waals surface area contributed by atoms with E-state index in [1.54, 1.807) is 32.9 Å². The Hall–Kier alpha value is -4.16. The standard InChI is InChI=1S/C26H38N4O9/c1-26(2,3)39-25(37)29-19(15-17-9-7-6-8-10-17)23(35)27-14-13-20(31)28-18(24(36)38-5)11-12-21(32)30(4)16-22(33)34/h6-10,18-19H,11-16H2,1-5H3,(H,27,35)(H,28,31)(H,29,37)(H,33,34)/t18-,19+/m1/s1. The predicted molar refractivity (Wildman–Crippen MR) is 139 cm³/mol. The zero-order valence-corrected chi connectivity index (χ0v) is 22.9. The molecule has 0 heterocycles. The van der Waals surface area contributed by atoms with Gasteiger partial charge in [-0.2, -0.15) is 0 Å². The van der Waals surface area contributed by atoms with Gasteiger partial charge < -0.3 is 35.4 Å². The first-order valence-electron chi connectivity index (χ1n) is 12.4. The molecule has 216 valence electrons. The van der Waals surface area contributed by atoms with E-state index in [9.17, 15) is 28.8 Å². The molecule has 4 N–H and O–H groups in total. The Morgan fingerprint density at radius 3 is 2.18 bits per heavy atom. The summed E-state index contributed by atoms with van der Waals surface area (Å²) < 4.78 is 9.93. The van der Waals surface area contributed by atoms with Crippen molar-refractivity contribution in [1.82, 2.24) is 20.9 Å². The SMILES string of the molecule is COC(=O)[C@@H](CCC(=O)N(C)CC(=O)O)NC(=O)CCNC(=O)[C@H](Cc1ccccc1)NC(=O)OC(C)(C)C. The highest BCUT2D eigenvalue weighted by Gasteiger charge is 2.26. The van der Waals surface area contributed by atoms with Crippen LogP contribution in [0.2, 0.25) is 0 Å². The van der Waals surface area contributed by atoms with Crippen LogP contribution in [0.25, 0.3) is 0 Å². The summed E-state index contributed by atoms with van der Waals surface area (Å²) in [7, 11) is 2.44. The van der Waals surface area contributed by atoms with Crippen LogP contribution in [0.3, 0.4) is 0 Å². The van der Waals surface area contributed by atoms with Crippen molar-refractivity contribution in [2.75, 3.05) is 27.2 Å². The number of likely N-dealkylation sites (N-methyl/N-ethyl adjacent to an activating group) is 1. The molecule has 4 amide bonds. The Morgan fingerprint density at radius 1 is 0.974 bits per heavy atom. The number of hydrogen-bond donors (Lipinski definition) is 4. The van der Waals surface area contributed by atoms with E-state index in [0.29, 0.717) is 0 Å². The Balaban J connectivity index is 2.70. The van der Waals surface area contributed by atoms with Gasteiger partial charge in [0.2, 0.25) is 17.7 Å². The summed E-state index contributed by atoms with van der Waals surface area (Å²) in [6, 6.07) is 6.94. The van der Waals surface area contributed by atoms with Gasteiger partial charge in [0.25, 0.3) is 0 Å². The van der Waals surface area contributed by atoms with Gasteiger partial charge in [0, 0.05) is 32.9 Å². The van der Waals surface area contributed by atoms with Gasteiger partial charge >= 0.3 is 18.0 Å². The maximum atomic E-state index is 12.9. The number of carbonyl (C=O) groups excluding carboxylic acids is 5. The monoisotopic (exact) mass is 550 g/mol. The summed E-state index contributed by atoms with van der Waals surface area (Å²) in [5, 5.41) is 16.4. The molecule has 0 fully saturated rings. The van der Waals surface area contributed by atoms with Gasteiger partial charge in [-0.05, 0) is 32.8 Å². The third-order valence-electron chi connectivity index (χ3n) is 5.21. The first-order chi connectivity index (χ1) is 18.2. The van der Waals surface area contributed by atoms with Crippen LogP contribution in [0, 0.1) is 0 Å². The number of carboxylic acid groups (broad SMARTS) is 1. The van der Waals surface area contributed by atoms with E-state index < -0.39 is 60.0 Å². The molecule has 0 aliphatic carbocycles. The fourth-order valence-corrected chi connectivity index (χ4v) is 3.34. The van der Waals surface area contributed by atoms with Gasteiger partial charge in [-0.25, -0.2) is 9.59 Å². The first-order valence-corrected chi connectivity index (χ1v) is 12.4. The number of amides is 4. The van der Waals surface area contributed by atoms with Gasteiger partial charge in [-0.3, -0.25) is 19.2 Å². The van der Waals surface area contributed by atoms with Crippen LogP contribution in [0.1, 0.15) is 45.6 Å². The lowest BCUT2D eigenvalue weighted by molar-refractivity contribution is -0.146. The maximum absolute atomic E-state index is 12.9. The fraction of sp³-hybridized carbons (Fsp3) is 0.538. The van der Waals surface area contributed by atoms with Crippen LogP contribution in [0.15, 0.2) is 30.3 Å². The molecular formula is C26H38N4O9. The molecule has 0 aromatic heterocycles. The van der Waals surface area contributed by atoms with Gasteiger partial charge in [-0.15, -0.1) is 0 Å². The molecule has 39 heavy (non-hydrogen) atoms. The Labute approximate surface area is 227 Å². The number of nitrogens with one attached hydrogen (secondary N) is 3. The van der Waals surface area contributed by atoms with Crippen LogP contribution in [0.4, 0.5) is 4.79 Å². The molecule has 13 nitrogen and oxygen atoms in total. The summed E-state index contributed by atoms with van der Waals surface area (Å²) in [5.74, 6) is -3.59. The van der Waals surface area contributed by atoms with Crippen molar-refractivity contribution in [3.05, 3.63) is 35.9 Å². The van der Waals surface area contributed by atoms with Crippen molar-refractivity contribution in [2.45, 2.75) is 64.1 Å². The minimum Gasteiger partial charge on any atom is -0.480 e. The minimum atomic E-state index is -1.18. The molecule has 1 aromatic rings. The molecule has 2 atom stereocenters. The average Bonchev–Trinajstić information content (AvgIpc) is 2.84. The van der Waals surface area contributed by atoms with E-state index in [1.165, 1.54) is 7.05 Å². The highest BCUT2D eigenvalue weighted by molar-refractivity contribution is 5.88. The molecular weight excluding hydrogens is 512 g/mol. The number of methoxy groups -OCH3 is 1. The van der Waals surface area contributed by atoms with E-state index >= 15 is 0 Å². The topological polar surface area (TPSA) is 180 Å². The normalized spacial score (nSPS) is 12.3. The second kappa shape index (κ2) is 15.9. The van der Waals surface area contributed by atoms with Crippen LogP contribution >= 0.6 is 0 Å². The van der Waals surface area contributed by atoms with Crippen molar-refractivity contribution in [2.24, 2.45) is 0 Å². The first kappa shape index (κ1) is 32.9. The van der Waals surface area contributed by atoms with E-state index in [2.05, 4.69) is 20.7 Å². The number of rotatable bonds is 14. The molecule has 0 aliphatic rings. The van der Waals surface area contributed by atoms with Crippen molar-refractivity contribution in [3.8, 4) is 0 Å². The average molecular weight is 551 g/mol. The van der Waals surface area contributed by atoms with Gasteiger partial charge in [0.05, 0.1) is 7.11 Å². The van der Waals surface area contributed by atoms with Crippen molar-refractivity contribution in [1.29, 1.82) is 0 Å². The zero-order chi connectivity index (χ0) is 29.6. The second-order valence-electron chi connectivity index (χ2n) is 9.76. The lowest BCUT2D eigenvalue weighted by Gasteiger charge is -2.23. The van der Waals surface area contributed by atoms with E-state index in [-0.39, 0.29) is 32.2 Å². The number of aliphatic carboxylic acids is 1. The van der Waals surface area contributed by atoms with E-state index in [0.717, 1.165) is 17.6 Å². The molecule has 1 rings (SSSR count). The summed E-state index contributed by atoms with van der Waals surface area (Å²) in [4.78, 5) is 73.5. The molecule has 0 radical (unpaired) electrons. The quantitative estimate of drug-likeness (QED) is 0.241. The number of nitrogens with zero attached hydrogens (tertiary/aromatic N) is 1. The van der Waals surface area contributed by atoms with E-state index in [1.807, 2.05) is 18.2 Å². The number of carbonyl (C=O) groups is 6. The third kappa shape index (κ3) is 13.8. The van der Waals surface area contributed by atoms with Crippen LogP contribution in [-0.4, -0.2) is 90.7 Å².